The zero-order valence-electron chi connectivity index (χ0n) is 14.1. The third-order valence-corrected chi connectivity index (χ3v) is 4.41. The van der Waals surface area contributed by atoms with Crippen molar-refractivity contribution >= 4 is 17.3 Å². The first kappa shape index (κ1) is 17.3. The number of aliphatic imine (C=N–C) groups is 1. The molecule has 0 spiro atoms. The smallest absolute Gasteiger partial charge is 0.191 e. The van der Waals surface area contributed by atoms with Crippen molar-refractivity contribution < 1.29 is 4.74 Å². The van der Waals surface area contributed by atoms with Crippen molar-refractivity contribution in [3.63, 3.8) is 0 Å². The quantitative estimate of drug-likeness (QED) is 0.631. The van der Waals surface area contributed by atoms with Crippen molar-refractivity contribution in [1.29, 1.82) is 0 Å². The Hall–Kier alpha value is -2.08. The molecule has 0 aliphatic rings. The Kier molecular flexibility index (Phi) is 6.40. The van der Waals surface area contributed by atoms with Gasteiger partial charge in [-0.3, -0.25) is 0 Å². The summed E-state index contributed by atoms with van der Waals surface area (Å²) in [4.78, 5) is 10.3. The van der Waals surface area contributed by atoms with E-state index in [2.05, 4.69) is 27.5 Å². The van der Waals surface area contributed by atoms with Gasteiger partial charge in [0.2, 0.25) is 0 Å². The minimum absolute atomic E-state index is 0.625. The van der Waals surface area contributed by atoms with Crippen LogP contribution in [0.4, 0.5) is 0 Å². The first-order valence-corrected chi connectivity index (χ1v) is 8.52. The second kappa shape index (κ2) is 8.53. The zero-order valence-corrected chi connectivity index (χ0v) is 15.0. The van der Waals surface area contributed by atoms with Crippen LogP contribution in [0.15, 0.2) is 29.3 Å². The first-order valence-electron chi connectivity index (χ1n) is 7.70. The van der Waals surface area contributed by atoms with E-state index in [1.54, 1.807) is 18.4 Å². The average Bonchev–Trinajstić information content (AvgIpc) is 2.88. The Morgan fingerprint density at radius 1 is 1.22 bits per heavy atom. The second-order valence-corrected chi connectivity index (χ2v) is 6.43. The molecule has 0 unspecified atom stereocenters. The van der Waals surface area contributed by atoms with Crippen LogP contribution in [0.25, 0.3) is 0 Å². The lowest BCUT2D eigenvalue weighted by molar-refractivity contribution is 0.414. The summed E-state index contributed by atoms with van der Waals surface area (Å²) in [5, 5.41) is 7.74. The van der Waals surface area contributed by atoms with Crippen molar-refractivity contribution in [3.05, 3.63) is 45.4 Å². The van der Waals surface area contributed by atoms with Crippen molar-refractivity contribution in [3.8, 4) is 5.75 Å². The molecule has 0 aliphatic carbocycles. The highest BCUT2D eigenvalue weighted by molar-refractivity contribution is 7.11. The van der Waals surface area contributed by atoms with Gasteiger partial charge in [-0.15, -0.1) is 11.3 Å². The number of hydrogen-bond donors (Lipinski definition) is 2. The van der Waals surface area contributed by atoms with Gasteiger partial charge in [0.1, 0.15) is 5.75 Å². The molecule has 0 aliphatic heterocycles. The lowest BCUT2D eigenvalue weighted by atomic mass is 10.2. The Labute approximate surface area is 141 Å². The number of thiazole rings is 1. The number of nitrogens with one attached hydrogen (secondary N) is 2. The van der Waals surface area contributed by atoms with Crippen LogP contribution < -0.4 is 15.4 Å². The molecule has 1 aromatic carbocycles. The maximum absolute atomic E-state index is 5.17. The van der Waals surface area contributed by atoms with Crippen molar-refractivity contribution in [2.75, 3.05) is 13.7 Å². The van der Waals surface area contributed by atoms with Crippen molar-refractivity contribution in [2.45, 2.75) is 33.9 Å². The van der Waals surface area contributed by atoms with Crippen LogP contribution in [0, 0.1) is 13.8 Å². The van der Waals surface area contributed by atoms with Crippen LogP contribution in [0.2, 0.25) is 0 Å². The molecular formula is C17H24N4OS. The lowest BCUT2D eigenvalue weighted by Gasteiger charge is -2.11. The predicted octanol–water partition coefficient (Wildman–Crippen LogP) is 3.02. The highest BCUT2D eigenvalue weighted by Gasteiger charge is 2.05. The van der Waals surface area contributed by atoms with E-state index < -0.39 is 0 Å². The van der Waals surface area contributed by atoms with E-state index in [9.17, 15) is 0 Å². The molecule has 5 nitrogen and oxygen atoms in total. The molecule has 1 heterocycles. The molecule has 0 amide bonds. The highest BCUT2D eigenvalue weighted by Crippen LogP contribution is 2.16. The first-order chi connectivity index (χ1) is 11.1. The van der Waals surface area contributed by atoms with Crippen LogP contribution in [-0.2, 0) is 13.1 Å². The largest absolute Gasteiger partial charge is 0.497 e. The molecular weight excluding hydrogens is 308 g/mol. The Morgan fingerprint density at radius 3 is 2.52 bits per heavy atom. The standard InChI is InChI=1S/C17H24N4OS/c1-5-18-17(20-11-16-12(2)21-13(3)23-16)19-10-14-6-8-15(22-4)9-7-14/h6-9H,5,10-11H2,1-4H3,(H2,18,19,20). The van der Waals surface area contributed by atoms with Crippen LogP contribution in [0.3, 0.4) is 0 Å². The molecule has 6 heteroatoms. The summed E-state index contributed by atoms with van der Waals surface area (Å²) in [7, 11) is 1.67. The second-order valence-electron chi connectivity index (χ2n) is 5.14. The van der Waals surface area contributed by atoms with Crippen LogP contribution in [0.5, 0.6) is 5.75 Å². The molecule has 2 rings (SSSR count). The third kappa shape index (κ3) is 5.25. The summed E-state index contributed by atoms with van der Waals surface area (Å²) >= 11 is 1.72. The Bertz CT molecular complexity index is 649. The van der Waals surface area contributed by atoms with Gasteiger partial charge in [0.25, 0.3) is 0 Å². The van der Waals surface area contributed by atoms with Gasteiger partial charge >= 0.3 is 0 Å². The van der Waals surface area contributed by atoms with Gasteiger partial charge in [-0.1, -0.05) is 12.1 Å². The molecule has 0 bridgehead atoms. The van der Waals surface area contributed by atoms with Gasteiger partial charge in [0.15, 0.2) is 5.96 Å². The molecule has 23 heavy (non-hydrogen) atoms. The van der Waals surface area contributed by atoms with Gasteiger partial charge in [-0.05, 0) is 38.5 Å². The number of nitrogens with zero attached hydrogens (tertiary/aromatic N) is 2. The average molecular weight is 332 g/mol. The molecule has 0 atom stereocenters. The number of rotatable bonds is 6. The van der Waals surface area contributed by atoms with E-state index in [-0.39, 0.29) is 0 Å². The molecule has 124 valence electrons. The van der Waals surface area contributed by atoms with Gasteiger partial charge in [-0.2, -0.15) is 0 Å². The monoisotopic (exact) mass is 332 g/mol. The Balaban J connectivity index is 1.97. The molecule has 0 fully saturated rings. The lowest BCUT2D eigenvalue weighted by Crippen LogP contribution is -2.36. The Morgan fingerprint density at radius 2 is 1.96 bits per heavy atom. The zero-order chi connectivity index (χ0) is 16.7. The van der Waals surface area contributed by atoms with E-state index in [1.807, 2.05) is 38.1 Å². The van der Waals surface area contributed by atoms with Crippen LogP contribution >= 0.6 is 11.3 Å². The summed E-state index contributed by atoms with van der Waals surface area (Å²) in [6.07, 6.45) is 0. The van der Waals surface area contributed by atoms with E-state index in [0.29, 0.717) is 6.54 Å². The summed E-state index contributed by atoms with van der Waals surface area (Å²) in [5.41, 5.74) is 2.24. The number of methoxy groups -OCH3 is 1. The van der Waals surface area contributed by atoms with Crippen LogP contribution in [0.1, 0.15) is 28.1 Å². The van der Waals surface area contributed by atoms with Crippen molar-refractivity contribution in [2.24, 2.45) is 4.99 Å². The molecule has 2 N–H and O–H groups in total. The number of aryl methyl sites for hydroxylation is 2. The summed E-state index contributed by atoms with van der Waals surface area (Å²) in [6.45, 7) is 8.33. The van der Waals surface area contributed by atoms with E-state index in [4.69, 9.17) is 4.74 Å². The summed E-state index contributed by atoms with van der Waals surface area (Å²) in [6, 6.07) is 7.97. The molecule has 0 saturated carbocycles. The molecule has 2 aromatic rings. The fourth-order valence-corrected chi connectivity index (χ4v) is 3.02. The minimum Gasteiger partial charge on any atom is -0.497 e. The molecule has 0 radical (unpaired) electrons. The highest BCUT2D eigenvalue weighted by atomic mass is 32.1. The number of hydrogen-bond acceptors (Lipinski definition) is 4. The van der Waals surface area contributed by atoms with E-state index >= 15 is 0 Å². The molecule has 1 aromatic heterocycles. The van der Waals surface area contributed by atoms with Crippen LogP contribution in [-0.4, -0.2) is 24.6 Å². The maximum atomic E-state index is 5.17. The number of aromatic nitrogens is 1. The molecule has 0 saturated heterocycles. The topological polar surface area (TPSA) is 58.5 Å². The fourth-order valence-electron chi connectivity index (χ4n) is 2.14. The third-order valence-electron chi connectivity index (χ3n) is 3.34. The number of guanidine groups is 1. The van der Waals surface area contributed by atoms with Gasteiger partial charge < -0.3 is 15.4 Å². The SMILES string of the molecule is CCNC(=NCc1ccc(OC)cc1)NCc1sc(C)nc1C. The predicted molar refractivity (Wildman–Crippen MR) is 96.2 cm³/mol. The number of benzene rings is 1. The van der Waals surface area contributed by atoms with Gasteiger partial charge in [0, 0.05) is 11.4 Å². The fraction of sp³-hybridized carbons (Fsp3) is 0.412. The summed E-state index contributed by atoms with van der Waals surface area (Å²) < 4.78 is 5.17. The minimum atomic E-state index is 0.625. The van der Waals surface area contributed by atoms with Crippen molar-refractivity contribution in [1.82, 2.24) is 15.6 Å². The van der Waals surface area contributed by atoms with Gasteiger partial charge in [-0.25, -0.2) is 9.98 Å². The van der Waals surface area contributed by atoms with Gasteiger partial charge in [0.05, 0.1) is 30.9 Å². The summed E-state index contributed by atoms with van der Waals surface area (Å²) in [5.74, 6) is 1.67. The number of ether oxygens (including phenoxy) is 1. The van der Waals surface area contributed by atoms with E-state index in [0.717, 1.165) is 41.1 Å². The maximum Gasteiger partial charge on any atom is 0.191 e. The van der Waals surface area contributed by atoms with E-state index in [1.165, 1.54) is 4.88 Å². The normalized spacial score (nSPS) is 11.4.